The SMILES string of the molecule is CC1(C)c2ccccc2-c2ccc(N(c3ccc(-n4c5ccccc5c5ccccc54)cc3)c3cccc(-c4ccccc4)c3)cc21. The Hall–Kier alpha value is -5.86. The summed E-state index contributed by atoms with van der Waals surface area (Å²) in [6.07, 6.45) is 0. The van der Waals surface area contributed by atoms with Crippen LogP contribution in [0.25, 0.3) is 49.7 Å². The minimum Gasteiger partial charge on any atom is -0.310 e. The molecular weight excluding hydrogens is 569 g/mol. The van der Waals surface area contributed by atoms with Crippen LogP contribution in [0.5, 0.6) is 0 Å². The van der Waals surface area contributed by atoms with E-state index in [9.17, 15) is 0 Å². The maximum atomic E-state index is 2.41. The number of rotatable bonds is 5. The van der Waals surface area contributed by atoms with Gasteiger partial charge in [-0.2, -0.15) is 0 Å². The van der Waals surface area contributed by atoms with Crippen molar-refractivity contribution in [3.8, 4) is 27.9 Å². The second-order valence-corrected chi connectivity index (χ2v) is 13.0. The minimum absolute atomic E-state index is 0.0834. The van der Waals surface area contributed by atoms with Gasteiger partial charge >= 0.3 is 0 Å². The van der Waals surface area contributed by atoms with E-state index < -0.39 is 0 Å². The van der Waals surface area contributed by atoms with Crippen LogP contribution in [0.1, 0.15) is 25.0 Å². The predicted octanol–water partition coefficient (Wildman–Crippen LogP) is 12.2. The first kappa shape index (κ1) is 27.5. The number of aromatic nitrogens is 1. The average molecular weight is 603 g/mol. The number of fused-ring (bicyclic) bond motifs is 6. The molecule has 47 heavy (non-hydrogen) atoms. The van der Waals surface area contributed by atoms with Gasteiger partial charge in [-0.1, -0.05) is 123 Å². The van der Waals surface area contributed by atoms with Crippen LogP contribution in [0.15, 0.2) is 170 Å². The molecule has 0 fully saturated rings. The molecule has 0 bridgehead atoms. The highest BCUT2D eigenvalue weighted by atomic mass is 15.1. The zero-order valence-corrected chi connectivity index (χ0v) is 26.6. The van der Waals surface area contributed by atoms with Gasteiger partial charge in [0.1, 0.15) is 0 Å². The smallest absolute Gasteiger partial charge is 0.0541 e. The molecule has 9 rings (SSSR count). The molecule has 1 aromatic heterocycles. The monoisotopic (exact) mass is 602 g/mol. The van der Waals surface area contributed by atoms with Crippen LogP contribution in [-0.4, -0.2) is 4.57 Å². The van der Waals surface area contributed by atoms with E-state index in [2.05, 4.69) is 193 Å². The van der Waals surface area contributed by atoms with E-state index in [0.29, 0.717) is 0 Å². The summed E-state index contributed by atoms with van der Waals surface area (Å²) >= 11 is 0. The lowest BCUT2D eigenvalue weighted by molar-refractivity contribution is 0.660. The van der Waals surface area contributed by atoms with Crippen molar-refractivity contribution in [1.82, 2.24) is 4.57 Å². The summed E-state index contributed by atoms with van der Waals surface area (Å²) in [5.41, 5.74) is 14.7. The van der Waals surface area contributed by atoms with E-state index in [1.54, 1.807) is 0 Å². The van der Waals surface area contributed by atoms with Crippen molar-refractivity contribution in [3.63, 3.8) is 0 Å². The molecule has 0 N–H and O–H groups in total. The number of hydrogen-bond acceptors (Lipinski definition) is 1. The quantitative estimate of drug-likeness (QED) is 0.190. The van der Waals surface area contributed by atoms with E-state index >= 15 is 0 Å². The Balaban J connectivity index is 1.21. The summed E-state index contributed by atoms with van der Waals surface area (Å²) in [6, 6.07) is 61.8. The lowest BCUT2D eigenvalue weighted by atomic mass is 9.82. The van der Waals surface area contributed by atoms with Gasteiger partial charge in [-0.3, -0.25) is 0 Å². The molecule has 1 aliphatic rings. The summed E-state index contributed by atoms with van der Waals surface area (Å²) in [4.78, 5) is 2.40. The van der Waals surface area contributed by atoms with Crippen LogP contribution in [-0.2, 0) is 5.41 Å². The van der Waals surface area contributed by atoms with Crippen LogP contribution in [0.4, 0.5) is 17.1 Å². The van der Waals surface area contributed by atoms with Gasteiger partial charge in [0.2, 0.25) is 0 Å². The molecule has 0 aliphatic heterocycles. The summed E-state index contributed by atoms with van der Waals surface area (Å²) in [5.74, 6) is 0. The van der Waals surface area contributed by atoms with E-state index in [4.69, 9.17) is 0 Å². The second kappa shape index (κ2) is 10.6. The molecule has 1 heterocycles. The number of benzene rings is 7. The fourth-order valence-electron chi connectivity index (χ4n) is 7.69. The summed E-state index contributed by atoms with van der Waals surface area (Å²) in [6.45, 7) is 4.70. The van der Waals surface area contributed by atoms with Gasteiger partial charge in [0.15, 0.2) is 0 Å². The zero-order chi connectivity index (χ0) is 31.5. The van der Waals surface area contributed by atoms with Crippen LogP contribution in [0.3, 0.4) is 0 Å². The molecule has 0 radical (unpaired) electrons. The van der Waals surface area contributed by atoms with Crippen molar-refractivity contribution >= 4 is 38.9 Å². The molecule has 1 aliphatic carbocycles. The van der Waals surface area contributed by atoms with E-state index in [0.717, 1.165) is 22.7 Å². The van der Waals surface area contributed by atoms with Crippen LogP contribution < -0.4 is 4.90 Å². The Labute approximate surface area is 275 Å². The van der Waals surface area contributed by atoms with Crippen LogP contribution in [0, 0.1) is 0 Å². The minimum atomic E-state index is -0.0834. The van der Waals surface area contributed by atoms with Gasteiger partial charge in [0.25, 0.3) is 0 Å². The van der Waals surface area contributed by atoms with Crippen molar-refractivity contribution < 1.29 is 0 Å². The molecule has 8 aromatic rings. The van der Waals surface area contributed by atoms with Crippen LogP contribution in [0.2, 0.25) is 0 Å². The van der Waals surface area contributed by atoms with Crippen molar-refractivity contribution in [3.05, 3.63) is 181 Å². The standard InChI is InChI=1S/C45H34N2/c1-45(2)41-20-9-6-17-37(41)38-28-27-36(30-42(38)45)46(35-16-12-15-32(29-35)31-13-4-3-5-14-31)33-23-25-34(26-24-33)47-43-21-10-7-18-39(43)40-19-8-11-22-44(40)47/h3-30H,1-2H3. The Bertz CT molecular complexity index is 2380. The largest absolute Gasteiger partial charge is 0.310 e. The third-order valence-electron chi connectivity index (χ3n) is 9.98. The van der Waals surface area contributed by atoms with Gasteiger partial charge in [0.05, 0.1) is 11.0 Å². The first-order valence-corrected chi connectivity index (χ1v) is 16.4. The fourth-order valence-corrected chi connectivity index (χ4v) is 7.69. The average Bonchev–Trinajstić information content (AvgIpc) is 3.58. The molecule has 7 aromatic carbocycles. The predicted molar refractivity (Wildman–Crippen MR) is 198 cm³/mol. The van der Waals surface area contributed by atoms with Crippen molar-refractivity contribution in [2.75, 3.05) is 4.90 Å². The number of anilines is 3. The molecule has 0 saturated heterocycles. The van der Waals surface area contributed by atoms with E-state index in [-0.39, 0.29) is 5.41 Å². The van der Waals surface area contributed by atoms with Crippen LogP contribution >= 0.6 is 0 Å². The molecule has 0 spiro atoms. The third kappa shape index (κ3) is 4.33. The first-order chi connectivity index (χ1) is 23.1. The summed E-state index contributed by atoms with van der Waals surface area (Å²) < 4.78 is 2.38. The Morgan fingerprint density at radius 3 is 1.74 bits per heavy atom. The van der Waals surface area contributed by atoms with Gasteiger partial charge < -0.3 is 9.47 Å². The molecular formula is C45H34N2. The van der Waals surface area contributed by atoms with Crippen molar-refractivity contribution in [2.45, 2.75) is 19.3 Å². The maximum Gasteiger partial charge on any atom is 0.0541 e. The van der Waals surface area contributed by atoms with E-state index in [1.807, 2.05) is 0 Å². The molecule has 0 saturated carbocycles. The normalized spacial score (nSPS) is 13.1. The molecule has 0 atom stereocenters. The molecule has 2 nitrogen and oxygen atoms in total. The van der Waals surface area contributed by atoms with Crippen molar-refractivity contribution in [1.29, 1.82) is 0 Å². The Morgan fingerprint density at radius 2 is 1.00 bits per heavy atom. The summed E-state index contributed by atoms with van der Waals surface area (Å²) in [5, 5.41) is 2.54. The highest BCUT2D eigenvalue weighted by Crippen LogP contribution is 2.50. The van der Waals surface area contributed by atoms with Gasteiger partial charge in [-0.05, 0) is 94.0 Å². The number of nitrogens with zero attached hydrogens (tertiary/aromatic N) is 2. The Kier molecular flexibility index (Phi) is 6.20. The zero-order valence-electron chi connectivity index (χ0n) is 26.6. The third-order valence-corrected chi connectivity index (χ3v) is 9.98. The lowest BCUT2D eigenvalue weighted by Crippen LogP contribution is -2.16. The summed E-state index contributed by atoms with van der Waals surface area (Å²) in [7, 11) is 0. The molecule has 0 amide bonds. The number of hydrogen-bond donors (Lipinski definition) is 0. The molecule has 0 unspecified atom stereocenters. The fraction of sp³-hybridized carbons (Fsp3) is 0.0667. The van der Waals surface area contributed by atoms with Gasteiger partial charge in [-0.25, -0.2) is 0 Å². The number of para-hydroxylation sites is 2. The Morgan fingerprint density at radius 1 is 0.426 bits per heavy atom. The first-order valence-electron chi connectivity index (χ1n) is 16.4. The van der Waals surface area contributed by atoms with Crippen molar-refractivity contribution in [2.24, 2.45) is 0 Å². The molecule has 2 heteroatoms. The second-order valence-electron chi connectivity index (χ2n) is 13.0. The van der Waals surface area contributed by atoms with Gasteiger partial charge in [0, 0.05) is 38.9 Å². The maximum absolute atomic E-state index is 2.41. The topological polar surface area (TPSA) is 8.17 Å². The molecule has 224 valence electrons. The lowest BCUT2D eigenvalue weighted by Gasteiger charge is -2.28. The highest BCUT2D eigenvalue weighted by Gasteiger charge is 2.35. The van der Waals surface area contributed by atoms with E-state index in [1.165, 1.54) is 55.2 Å². The van der Waals surface area contributed by atoms with Gasteiger partial charge in [-0.15, -0.1) is 0 Å². The highest BCUT2D eigenvalue weighted by molar-refractivity contribution is 6.09.